The predicted octanol–water partition coefficient (Wildman–Crippen LogP) is 2.19. The molecular weight excluding hydrogens is 472 g/mol. The number of esters is 2. The number of ether oxygens (including phenoxy) is 2. The number of hydrogen-bond donors (Lipinski definition) is 1. The van der Waals surface area contributed by atoms with E-state index in [1.54, 1.807) is 0 Å². The van der Waals surface area contributed by atoms with Gasteiger partial charge >= 0.3 is 11.9 Å². The number of ketones is 1. The molecule has 2 heterocycles. The third kappa shape index (κ3) is 11.4. The smallest absolute Gasteiger partial charge is 0.316 e. The molecule has 0 aromatic rings. The number of Topliss-reactive ketones (excluding diaryl/α,β-unsaturated/α-hetero) is 1. The summed E-state index contributed by atoms with van der Waals surface area (Å²) in [6.07, 6.45) is 10.0. The topological polar surface area (TPSA) is 91.4 Å². The minimum atomic E-state index is -0.475. The first kappa shape index (κ1) is 31.7. The van der Waals surface area contributed by atoms with Gasteiger partial charge < -0.3 is 24.6 Å². The van der Waals surface area contributed by atoms with Crippen LogP contribution in [0.3, 0.4) is 0 Å². The highest BCUT2D eigenvalue weighted by Crippen LogP contribution is 2.29. The van der Waals surface area contributed by atoms with Gasteiger partial charge in [0.15, 0.2) is 0 Å². The Balaban J connectivity index is 0.000000217. The lowest BCUT2D eigenvalue weighted by atomic mass is 9.93. The number of rotatable bonds is 3. The van der Waals surface area contributed by atoms with Crippen molar-refractivity contribution in [2.45, 2.75) is 70.3 Å². The summed E-state index contributed by atoms with van der Waals surface area (Å²) in [7, 11) is 7.18. The number of carbonyl (C=O) groups is 3. The molecule has 3 atom stereocenters. The number of methoxy groups -OCH3 is 2. The van der Waals surface area contributed by atoms with Gasteiger partial charge in [0.2, 0.25) is 0 Å². The van der Waals surface area contributed by atoms with Crippen LogP contribution < -0.4 is 5.32 Å². The molecule has 3 unspecified atom stereocenters. The first-order valence-corrected chi connectivity index (χ1v) is 14.4. The molecule has 0 aromatic carbocycles. The van der Waals surface area contributed by atoms with Gasteiger partial charge in [0.05, 0.1) is 20.1 Å². The average molecular weight is 525 g/mol. The number of nitrogens with zero attached hydrogens (tertiary/aromatic N) is 3. The molecule has 4 aliphatic rings. The van der Waals surface area contributed by atoms with Gasteiger partial charge in [-0.2, -0.15) is 0 Å². The zero-order valence-electron chi connectivity index (χ0n) is 23.8. The maximum atomic E-state index is 12.0. The fraction of sp³-hybridized carbons (Fsp3) is 0.893. The summed E-state index contributed by atoms with van der Waals surface area (Å²) >= 11 is 0. The number of carbonyl (C=O) groups excluding carboxylic acids is 3. The van der Waals surface area contributed by atoms with Crippen molar-refractivity contribution in [1.82, 2.24) is 20.0 Å². The monoisotopic (exact) mass is 524 g/mol. The van der Waals surface area contributed by atoms with Gasteiger partial charge in [-0.1, -0.05) is 32.1 Å². The van der Waals surface area contributed by atoms with E-state index >= 15 is 0 Å². The lowest BCUT2D eigenvalue weighted by Crippen LogP contribution is -2.52. The lowest BCUT2D eigenvalue weighted by Gasteiger charge is -2.40. The van der Waals surface area contributed by atoms with Crippen LogP contribution in [0, 0.1) is 11.8 Å². The van der Waals surface area contributed by atoms with E-state index in [1.807, 2.05) is 0 Å². The summed E-state index contributed by atoms with van der Waals surface area (Å²) in [5.74, 6) is -0.680. The summed E-state index contributed by atoms with van der Waals surface area (Å²) in [5.41, 5.74) is 0. The van der Waals surface area contributed by atoms with Crippen LogP contribution in [0.4, 0.5) is 0 Å². The Morgan fingerprint density at radius 1 is 0.730 bits per heavy atom. The van der Waals surface area contributed by atoms with Crippen LogP contribution in [0.25, 0.3) is 0 Å². The van der Waals surface area contributed by atoms with Crippen molar-refractivity contribution in [2.24, 2.45) is 11.8 Å². The molecule has 1 N–H and O–H groups in total. The van der Waals surface area contributed by atoms with E-state index in [2.05, 4.69) is 38.8 Å². The molecule has 9 nitrogen and oxygen atoms in total. The van der Waals surface area contributed by atoms with Crippen LogP contribution in [0.15, 0.2) is 0 Å². The summed E-state index contributed by atoms with van der Waals surface area (Å²) < 4.78 is 9.57. The molecule has 9 heteroatoms. The Morgan fingerprint density at radius 2 is 1.30 bits per heavy atom. The summed E-state index contributed by atoms with van der Waals surface area (Å²) in [5, 5.41) is 3.27. The fourth-order valence-electron chi connectivity index (χ4n) is 5.63. The first-order chi connectivity index (χ1) is 17.9. The Labute approximate surface area is 224 Å². The molecule has 2 aliphatic heterocycles. The van der Waals surface area contributed by atoms with E-state index < -0.39 is 5.92 Å². The third-order valence-corrected chi connectivity index (χ3v) is 8.12. The molecule has 2 saturated heterocycles. The Morgan fingerprint density at radius 3 is 1.89 bits per heavy atom. The Bertz CT molecular complexity index is 677. The normalized spacial score (nSPS) is 28.3. The maximum Gasteiger partial charge on any atom is 0.316 e. The molecule has 0 spiro atoms. The van der Waals surface area contributed by atoms with E-state index in [4.69, 9.17) is 4.74 Å². The molecule has 4 rings (SSSR count). The second-order valence-electron chi connectivity index (χ2n) is 10.9. The van der Waals surface area contributed by atoms with E-state index in [1.165, 1.54) is 46.6 Å². The van der Waals surface area contributed by atoms with Gasteiger partial charge in [-0.25, -0.2) is 0 Å². The van der Waals surface area contributed by atoms with Crippen LogP contribution in [-0.2, 0) is 23.9 Å². The standard InChI is InChI=1S/C14H26N2O2.C9H14O3.C5H12N2/c1-15-8-10-16(11-9-15)13-7-5-3-4-6-12(13)14(17)18-2;1-12-9(11)7-5-3-2-4-6-8(7)10;1-7-4-2-6-3-5-7/h12-13H,3-11H2,1-2H3;7H,2-6H2,1H3;6H,2-5H2,1H3. The Hall–Kier alpha value is -1.55. The second kappa shape index (κ2) is 17.9. The highest BCUT2D eigenvalue weighted by molar-refractivity contribution is 5.99. The van der Waals surface area contributed by atoms with Crippen LogP contribution in [0.5, 0.6) is 0 Å². The molecule has 0 aromatic heterocycles. The van der Waals surface area contributed by atoms with Gasteiger partial charge in [-0.3, -0.25) is 19.3 Å². The molecule has 2 saturated carbocycles. The molecule has 0 bridgehead atoms. The van der Waals surface area contributed by atoms with Crippen molar-refractivity contribution in [2.75, 3.05) is 80.7 Å². The zero-order chi connectivity index (χ0) is 27.0. The Kier molecular flexibility index (Phi) is 15.3. The molecule has 2 aliphatic carbocycles. The van der Waals surface area contributed by atoms with Gasteiger partial charge in [0.25, 0.3) is 0 Å². The van der Waals surface area contributed by atoms with Crippen LogP contribution in [0.1, 0.15) is 64.2 Å². The average Bonchev–Trinajstić information content (AvgIpc) is 3.30. The van der Waals surface area contributed by atoms with Gasteiger partial charge in [-0.05, 0) is 39.8 Å². The largest absolute Gasteiger partial charge is 0.469 e. The number of nitrogens with one attached hydrogen (secondary N) is 1. The molecule has 37 heavy (non-hydrogen) atoms. The summed E-state index contributed by atoms with van der Waals surface area (Å²) in [6, 6.07) is 0.411. The highest BCUT2D eigenvalue weighted by atomic mass is 16.5. The van der Waals surface area contributed by atoms with E-state index in [9.17, 15) is 14.4 Å². The quantitative estimate of drug-likeness (QED) is 0.339. The molecule has 0 amide bonds. The minimum absolute atomic E-state index is 0.000767. The zero-order valence-corrected chi connectivity index (χ0v) is 23.8. The van der Waals surface area contributed by atoms with Crippen molar-refractivity contribution >= 4 is 17.7 Å². The van der Waals surface area contributed by atoms with Gasteiger partial charge in [-0.15, -0.1) is 0 Å². The SMILES string of the molecule is CN1CCNCC1.COC(=O)C1CCCCCC1=O.COC(=O)C1CCCCCC1N1CCN(C)CC1. The van der Waals surface area contributed by atoms with E-state index in [0.717, 1.165) is 71.4 Å². The number of piperazine rings is 2. The molecule has 4 fully saturated rings. The van der Waals surface area contributed by atoms with Crippen LogP contribution in [-0.4, -0.2) is 119 Å². The van der Waals surface area contributed by atoms with E-state index in [0.29, 0.717) is 18.9 Å². The number of likely N-dealkylation sites (N-methyl/N-ethyl adjacent to an activating group) is 2. The number of hydrogen-bond acceptors (Lipinski definition) is 9. The predicted molar refractivity (Wildman–Crippen MR) is 145 cm³/mol. The first-order valence-electron chi connectivity index (χ1n) is 14.4. The van der Waals surface area contributed by atoms with Crippen molar-refractivity contribution < 1.29 is 23.9 Å². The third-order valence-electron chi connectivity index (χ3n) is 8.12. The molecule has 214 valence electrons. The van der Waals surface area contributed by atoms with Crippen molar-refractivity contribution in [3.63, 3.8) is 0 Å². The molecule has 0 radical (unpaired) electrons. The fourth-order valence-corrected chi connectivity index (χ4v) is 5.63. The van der Waals surface area contributed by atoms with E-state index in [-0.39, 0.29) is 23.6 Å². The molecular formula is C28H52N4O5. The van der Waals surface area contributed by atoms with Crippen molar-refractivity contribution in [3.8, 4) is 0 Å². The lowest BCUT2D eigenvalue weighted by molar-refractivity contribution is -0.150. The highest BCUT2D eigenvalue weighted by Gasteiger charge is 2.35. The van der Waals surface area contributed by atoms with Crippen molar-refractivity contribution in [1.29, 1.82) is 0 Å². The summed E-state index contributed by atoms with van der Waals surface area (Å²) in [6.45, 7) is 9.16. The second-order valence-corrected chi connectivity index (χ2v) is 10.9. The van der Waals surface area contributed by atoms with Gasteiger partial charge in [0, 0.05) is 64.8 Å². The summed E-state index contributed by atoms with van der Waals surface area (Å²) in [4.78, 5) is 41.6. The van der Waals surface area contributed by atoms with Crippen molar-refractivity contribution in [3.05, 3.63) is 0 Å². The maximum absolute atomic E-state index is 12.0. The van der Waals surface area contributed by atoms with Gasteiger partial charge in [0.1, 0.15) is 11.7 Å². The minimum Gasteiger partial charge on any atom is -0.469 e. The van der Waals surface area contributed by atoms with Crippen LogP contribution in [0.2, 0.25) is 0 Å². The van der Waals surface area contributed by atoms with Crippen LogP contribution >= 0.6 is 0 Å².